The number of carbonyl (C=O) groups excluding carboxylic acids is 2. The van der Waals surface area contributed by atoms with E-state index >= 15 is 0 Å². The lowest BCUT2D eigenvalue weighted by molar-refractivity contribution is -0.123. The summed E-state index contributed by atoms with van der Waals surface area (Å²) in [6, 6.07) is 16.2. The van der Waals surface area contributed by atoms with Crippen LogP contribution < -0.4 is 10.1 Å². The van der Waals surface area contributed by atoms with Gasteiger partial charge in [0.05, 0.1) is 0 Å². The van der Waals surface area contributed by atoms with Crippen molar-refractivity contribution in [3.05, 3.63) is 70.1 Å². The van der Waals surface area contributed by atoms with Crippen LogP contribution in [-0.4, -0.2) is 18.0 Å². The van der Waals surface area contributed by atoms with Crippen LogP contribution in [-0.2, 0) is 16.1 Å². The van der Waals surface area contributed by atoms with E-state index in [2.05, 4.69) is 5.32 Å². The molecule has 5 nitrogen and oxygen atoms in total. The Labute approximate surface area is 170 Å². The van der Waals surface area contributed by atoms with Crippen molar-refractivity contribution in [3.63, 3.8) is 0 Å². The summed E-state index contributed by atoms with van der Waals surface area (Å²) in [6.07, 6.45) is -0.950. The molecular formula is C21H16ClNO4S. The van der Waals surface area contributed by atoms with Crippen molar-refractivity contribution in [2.24, 2.45) is 0 Å². The third-order valence-corrected chi connectivity index (χ3v) is 5.70. The first-order chi connectivity index (χ1) is 13.5. The van der Waals surface area contributed by atoms with E-state index in [0.717, 1.165) is 21.8 Å². The summed E-state index contributed by atoms with van der Waals surface area (Å²) in [5.74, 6) is -0.165. The summed E-state index contributed by atoms with van der Waals surface area (Å²) in [5.41, 5.74) is 2.44. The highest BCUT2D eigenvalue weighted by atomic mass is 35.5. The van der Waals surface area contributed by atoms with Gasteiger partial charge < -0.3 is 14.8 Å². The number of thiophene rings is 1. The monoisotopic (exact) mass is 413 g/mol. The van der Waals surface area contributed by atoms with E-state index in [4.69, 9.17) is 21.1 Å². The van der Waals surface area contributed by atoms with Gasteiger partial charge in [-0.1, -0.05) is 29.8 Å². The number of benzene rings is 2. The zero-order chi connectivity index (χ0) is 19.7. The third-order valence-electron chi connectivity index (χ3n) is 4.27. The fourth-order valence-corrected chi connectivity index (χ4v) is 4.15. The van der Waals surface area contributed by atoms with Crippen molar-refractivity contribution in [3.8, 4) is 16.2 Å². The average molecular weight is 414 g/mol. The number of amides is 1. The lowest BCUT2D eigenvalue weighted by Crippen LogP contribution is -2.29. The van der Waals surface area contributed by atoms with E-state index in [1.54, 1.807) is 30.3 Å². The quantitative estimate of drug-likeness (QED) is 0.601. The molecule has 1 aliphatic heterocycles. The van der Waals surface area contributed by atoms with Gasteiger partial charge in [-0.3, -0.25) is 4.79 Å². The van der Waals surface area contributed by atoms with Crippen molar-refractivity contribution < 1.29 is 19.1 Å². The van der Waals surface area contributed by atoms with E-state index in [9.17, 15) is 9.59 Å². The molecule has 0 saturated carbocycles. The first kappa shape index (κ1) is 18.5. The largest absolute Gasteiger partial charge is 0.488 e. The van der Waals surface area contributed by atoms with Gasteiger partial charge in [0.1, 0.15) is 17.2 Å². The number of nitrogens with one attached hydrogen (secondary N) is 1. The smallest absolute Gasteiger partial charge is 0.349 e. The molecule has 0 radical (unpaired) electrons. The van der Waals surface area contributed by atoms with Crippen LogP contribution in [0.15, 0.2) is 54.6 Å². The molecule has 4 rings (SSSR count). The molecule has 0 bridgehead atoms. The molecule has 0 saturated heterocycles. The maximum Gasteiger partial charge on any atom is 0.349 e. The Morgan fingerprint density at radius 2 is 2.00 bits per heavy atom. The molecule has 28 heavy (non-hydrogen) atoms. The molecule has 3 aromatic rings. The number of hydrogen-bond donors (Lipinski definition) is 1. The van der Waals surface area contributed by atoms with Crippen molar-refractivity contribution in [1.82, 2.24) is 0 Å². The standard InChI is InChI=1S/C21H16ClNO4S/c1-12(20(24)23-15-6-4-5-14(22)10-15)27-21(25)18-9-13-11-26-17-8-3-2-7-16(17)19(13)28-18/h2-10,12H,11H2,1H3,(H,23,24)/t12-/m0/s1. The van der Waals surface area contributed by atoms with Gasteiger partial charge in [0.25, 0.3) is 5.91 Å². The Balaban J connectivity index is 1.46. The van der Waals surface area contributed by atoms with Crippen molar-refractivity contribution >= 4 is 40.5 Å². The molecule has 2 aromatic carbocycles. The van der Waals surface area contributed by atoms with Gasteiger partial charge in [0.2, 0.25) is 0 Å². The first-order valence-corrected chi connectivity index (χ1v) is 9.83. The van der Waals surface area contributed by atoms with E-state index < -0.39 is 18.0 Å². The molecule has 0 fully saturated rings. The summed E-state index contributed by atoms with van der Waals surface area (Å²) < 4.78 is 11.1. The van der Waals surface area contributed by atoms with Crippen molar-refractivity contribution in [1.29, 1.82) is 0 Å². The second-order valence-electron chi connectivity index (χ2n) is 6.30. The number of para-hydroxylation sites is 1. The Morgan fingerprint density at radius 1 is 1.18 bits per heavy atom. The minimum absolute atomic E-state index is 0.404. The predicted octanol–water partition coefficient (Wildman–Crippen LogP) is 5.14. The lowest BCUT2D eigenvalue weighted by atomic mass is 10.1. The molecular weight excluding hydrogens is 398 g/mol. The van der Waals surface area contributed by atoms with Gasteiger partial charge in [-0.2, -0.15) is 0 Å². The number of esters is 1. The Hall–Kier alpha value is -2.83. The van der Waals surface area contributed by atoms with Crippen LogP contribution in [0.25, 0.3) is 10.4 Å². The minimum Gasteiger partial charge on any atom is -0.488 e. The molecule has 2 heterocycles. The minimum atomic E-state index is -0.950. The van der Waals surface area contributed by atoms with E-state index in [0.29, 0.717) is 22.2 Å². The zero-order valence-corrected chi connectivity index (χ0v) is 16.5. The highest BCUT2D eigenvalue weighted by Crippen LogP contribution is 2.42. The summed E-state index contributed by atoms with van der Waals surface area (Å²) in [5, 5.41) is 3.19. The number of anilines is 1. The number of ether oxygens (including phenoxy) is 2. The van der Waals surface area contributed by atoms with Gasteiger partial charge >= 0.3 is 5.97 Å². The molecule has 1 aliphatic rings. The van der Waals surface area contributed by atoms with Crippen molar-refractivity contribution in [2.75, 3.05) is 5.32 Å². The summed E-state index contributed by atoms with van der Waals surface area (Å²) in [7, 11) is 0. The Bertz CT molecular complexity index is 1060. The Kier molecular flexibility index (Phi) is 5.07. The van der Waals surface area contributed by atoms with Crippen LogP contribution in [0.4, 0.5) is 5.69 Å². The fourth-order valence-electron chi connectivity index (χ4n) is 2.88. The lowest BCUT2D eigenvalue weighted by Gasteiger charge is -2.16. The highest BCUT2D eigenvalue weighted by Gasteiger charge is 2.25. The second-order valence-corrected chi connectivity index (χ2v) is 7.79. The maximum absolute atomic E-state index is 12.5. The number of halogens is 1. The molecule has 0 aliphatic carbocycles. The average Bonchev–Trinajstić information content (AvgIpc) is 3.13. The van der Waals surface area contributed by atoms with Gasteiger partial charge in [-0.15, -0.1) is 11.3 Å². The number of fused-ring (bicyclic) bond motifs is 3. The first-order valence-electron chi connectivity index (χ1n) is 8.63. The van der Waals surface area contributed by atoms with Gasteiger partial charge in [-0.25, -0.2) is 4.79 Å². The second kappa shape index (κ2) is 7.66. The van der Waals surface area contributed by atoms with Crippen LogP contribution in [0.1, 0.15) is 22.2 Å². The molecule has 1 aromatic heterocycles. The van der Waals surface area contributed by atoms with Crippen LogP contribution in [0.2, 0.25) is 5.02 Å². The molecule has 7 heteroatoms. The number of hydrogen-bond acceptors (Lipinski definition) is 5. The Morgan fingerprint density at radius 3 is 2.82 bits per heavy atom. The van der Waals surface area contributed by atoms with E-state index in [1.165, 1.54) is 18.3 Å². The summed E-state index contributed by atoms with van der Waals surface area (Å²) in [4.78, 5) is 26.3. The topological polar surface area (TPSA) is 64.6 Å². The third kappa shape index (κ3) is 3.74. The number of carbonyl (C=O) groups is 2. The molecule has 0 unspecified atom stereocenters. The maximum atomic E-state index is 12.5. The molecule has 1 N–H and O–H groups in total. The van der Waals surface area contributed by atoms with Crippen LogP contribution >= 0.6 is 22.9 Å². The SMILES string of the molecule is C[C@H](OC(=O)c1cc2c(s1)-c1ccccc1OC2)C(=O)Nc1cccc(Cl)c1. The molecule has 0 spiro atoms. The van der Waals surface area contributed by atoms with Crippen LogP contribution in [0.3, 0.4) is 0 Å². The molecule has 142 valence electrons. The normalized spacial score (nSPS) is 12.9. The van der Waals surface area contributed by atoms with Gasteiger partial charge in [0.15, 0.2) is 6.10 Å². The van der Waals surface area contributed by atoms with Crippen LogP contribution in [0.5, 0.6) is 5.75 Å². The van der Waals surface area contributed by atoms with E-state index in [-0.39, 0.29) is 0 Å². The fraction of sp³-hybridized carbons (Fsp3) is 0.143. The molecule has 1 amide bonds. The molecule has 1 atom stereocenters. The van der Waals surface area contributed by atoms with Crippen molar-refractivity contribution in [2.45, 2.75) is 19.6 Å². The number of rotatable bonds is 4. The highest BCUT2D eigenvalue weighted by molar-refractivity contribution is 7.17. The summed E-state index contributed by atoms with van der Waals surface area (Å²) >= 11 is 7.25. The van der Waals surface area contributed by atoms with Gasteiger partial charge in [-0.05, 0) is 43.3 Å². The van der Waals surface area contributed by atoms with Gasteiger partial charge in [0, 0.05) is 26.7 Å². The predicted molar refractivity (Wildman–Crippen MR) is 109 cm³/mol. The summed E-state index contributed by atoms with van der Waals surface area (Å²) in [6.45, 7) is 1.94. The van der Waals surface area contributed by atoms with E-state index in [1.807, 2.05) is 24.3 Å². The zero-order valence-electron chi connectivity index (χ0n) is 14.9. The van der Waals surface area contributed by atoms with Crippen LogP contribution in [0, 0.1) is 0 Å².